The van der Waals surface area contributed by atoms with Crippen LogP contribution in [0.25, 0.3) is 0 Å². The van der Waals surface area contributed by atoms with Crippen molar-refractivity contribution >= 4 is 23.5 Å². The van der Waals surface area contributed by atoms with Gasteiger partial charge in [-0.15, -0.1) is 0 Å². The summed E-state index contributed by atoms with van der Waals surface area (Å²) in [7, 11) is 0. The zero-order valence-corrected chi connectivity index (χ0v) is 14.9. The monoisotopic (exact) mass is 352 g/mol. The molecule has 25 heavy (non-hydrogen) atoms. The molecule has 1 aliphatic heterocycles. The van der Waals surface area contributed by atoms with Crippen molar-refractivity contribution in [3.63, 3.8) is 0 Å². The summed E-state index contributed by atoms with van der Waals surface area (Å²) in [5, 5.41) is 0. The van der Waals surface area contributed by atoms with E-state index in [-0.39, 0.29) is 29.5 Å². The summed E-state index contributed by atoms with van der Waals surface area (Å²) in [6.07, 6.45) is 1.09. The van der Waals surface area contributed by atoms with Gasteiger partial charge in [-0.3, -0.25) is 9.59 Å². The molecule has 0 saturated heterocycles. The molecule has 128 valence electrons. The molecule has 1 fully saturated rings. The molecule has 0 N–H and O–H groups in total. The Morgan fingerprint density at radius 3 is 2.20 bits per heavy atom. The van der Waals surface area contributed by atoms with Gasteiger partial charge in [-0.2, -0.15) is 0 Å². The third kappa shape index (κ3) is 3.11. The molecule has 0 radical (unpaired) electrons. The minimum atomic E-state index is -0.226. The highest BCUT2D eigenvalue weighted by atomic mass is 32.2. The maximum absolute atomic E-state index is 12.8. The fourth-order valence-corrected chi connectivity index (χ4v) is 4.83. The van der Waals surface area contributed by atoms with Crippen molar-refractivity contribution in [3.05, 3.63) is 59.7 Å². The molecule has 2 aliphatic rings. The minimum absolute atomic E-state index is 0.0737. The third-order valence-electron chi connectivity index (χ3n) is 5.01. The van der Waals surface area contributed by atoms with E-state index in [0.29, 0.717) is 19.4 Å². The number of ether oxygens (including phenoxy) is 1. The van der Waals surface area contributed by atoms with E-state index in [1.807, 2.05) is 24.3 Å². The normalized spacial score (nSPS) is 21.2. The van der Waals surface area contributed by atoms with Crippen molar-refractivity contribution in [2.45, 2.75) is 35.5 Å². The first-order valence-corrected chi connectivity index (χ1v) is 9.55. The third-order valence-corrected chi connectivity index (χ3v) is 6.19. The van der Waals surface area contributed by atoms with Crippen molar-refractivity contribution in [1.29, 1.82) is 0 Å². The standard InChI is InChI=1S/C21H20O3S/c1-2-24-21(23)17-11-16(17)18(22)12-15-13-7-3-5-9-19(13)25-20-10-6-4-8-14(15)20/h3-10,15-17H,2,11-12H2,1H3/t16-,17-/m0/s1. The van der Waals surface area contributed by atoms with Crippen LogP contribution in [0.2, 0.25) is 0 Å². The molecule has 0 spiro atoms. The number of carbonyl (C=O) groups excluding carboxylic acids is 2. The number of fused-ring (bicyclic) bond motifs is 2. The molecule has 1 saturated carbocycles. The van der Waals surface area contributed by atoms with Crippen molar-refractivity contribution < 1.29 is 14.3 Å². The van der Waals surface area contributed by atoms with Crippen molar-refractivity contribution in [2.75, 3.05) is 6.61 Å². The summed E-state index contributed by atoms with van der Waals surface area (Å²) in [5.74, 6) is -0.353. The van der Waals surface area contributed by atoms with E-state index in [4.69, 9.17) is 4.74 Å². The number of carbonyl (C=O) groups is 2. The number of ketones is 1. The van der Waals surface area contributed by atoms with Crippen LogP contribution in [0.5, 0.6) is 0 Å². The quantitative estimate of drug-likeness (QED) is 0.746. The molecule has 4 rings (SSSR count). The Balaban J connectivity index is 1.57. The Bertz CT molecular complexity index is 784. The van der Waals surface area contributed by atoms with Gasteiger partial charge in [0.05, 0.1) is 12.5 Å². The fourth-order valence-electron chi connectivity index (χ4n) is 3.64. The first kappa shape index (κ1) is 16.4. The average molecular weight is 352 g/mol. The van der Waals surface area contributed by atoms with Gasteiger partial charge in [-0.25, -0.2) is 0 Å². The SMILES string of the molecule is CCOC(=O)[C@H]1C[C@@H]1C(=O)CC1c2ccccc2Sc2ccccc21. The van der Waals surface area contributed by atoms with Gasteiger partial charge in [-0.1, -0.05) is 48.2 Å². The van der Waals surface area contributed by atoms with Crippen molar-refractivity contribution in [3.8, 4) is 0 Å². The highest BCUT2D eigenvalue weighted by molar-refractivity contribution is 7.99. The summed E-state index contributed by atoms with van der Waals surface area (Å²) in [4.78, 5) is 27.1. The molecule has 4 heteroatoms. The highest BCUT2D eigenvalue weighted by Gasteiger charge is 2.49. The molecular weight excluding hydrogens is 332 g/mol. The van der Waals surface area contributed by atoms with Crippen LogP contribution in [0.15, 0.2) is 58.3 Å². The fraction of sp³-hybridized carbons (Fsp3) is 0.333. The van der Waals surface area contributed by atoms with Gasteiger partial charge in [0.1, 0.15) is 5.78 Å². The van der Waals surface area contributed by atoms with Crippen LogP contribution in [0.1, 0.15) is 36.8 Å². The summed E-state index contributed by atoms with van der Waals surface area (Å²) in [5.41, 5.74) is 2.43. The van der Waals surface area contributed by atoms with Crippen molar-refractivity contribution in [1.82, 2.24) is 0 Å². The number of hydrogen-bond donors (Lipinski definition) is 0. The first-order chi connectivity index (χ1) is 12.2. The molecule has 1 heterocycles. The maximum Gasteiger partial charge on any atom is 0.309 e. The Hall–Kier alpha value is -2.07. The van der Waals surface area contributed by atoms with Crippen LogP contribution in [0.3, 0.4) is 0 Å². The van der Waals surface area contributed by atoms with Crippen LogP contribution in [0, 0.1) is 11.8 Å². The first-order valence-electron chi connectivity index (χ1n) is 8.74. The van der Waals surface area contributed by atoms with Crippen LogP contribution < -0.4 is 0 Å². The number of Topliss-reactive ketones (excluding diaryl/α,β-unsaturated/α-hetero) is 1. The average Bonchev–Trinajstić information content (AvgIpc) is 3.43. The summed E-state index contributed by atoms with van der Waals surface area (Å²) < 4.78 is 5.05. The van der Waals surface area contributed by atoms with E-state index in [2.05, 4.69) is 24.3 Å². The summed E-state index contributed by atoms with van der Waals surface area (Å²) in [6, 6.07) is 16.6. The van der Waals surface area contributed by atoms with E-state index in [1.54, 1.807) is 18.7 Å². The summed E-state index contributed by atoms with van der Waals surface area (Å²) >= 11 is 1.76. The summed E-state index contributed by atoms with van der Waals surface area (Å²) in [6.45, 7) is 2.17. The lowest BCUT2D eigenvalue weighted by Crippen LogP contribution is -2.16. The molecule has 3 nitrogen and oxygen atoms in total. The minimum Gasteiger partial charge on any atom is -0.466 e. The maximum atomic E-state index is 12.8. The molecule has 2 atom stereocenters. The topological polar surface area (TPSA) is 43.4 Å². The predicted molar refractivity (Wildman–Crippen MR) is 96.7 cm³/mol. The second-order valence-corrected chi connectivity index (χ2v) is 7.69. The Kier molecular flexibility index (Phi) is 4.38. The van der Waals surface area contributed by atoms with E-state index in [1.165, 1.54) is 20.9 Å². The van der Waals surface area contributed by atoms with Gasteiger partial charge in [0.15, 0.2) is 0 Å². The van der Waals surface area contributed by atoms with Gasteiger partial charge in [-0.05, 0) is 36.6 Å². The van der Waals surface area contributed by atoms with Gasteiger partial charge in [0.2, 0.25) is 0 Å². The number of esters is 1. The van der Waals surface area contributed by atoms with E-state index >= 15 is 0 Å². The molecule has 0 unspecified atom stereocenters. The second-order valence-electron chi connectivity index (χ2n) is 6.60. The lowest BCUT2D eigenvalue weighted by atomic mass is 9.85. The van der Waals surface area contributed by atoms with Gasteiger partial charge < -0.3 is 4.74 Å². The Morgan fingerprint density at radius 2 is 1.60 bits per heavy atom. The van der Waals surface area contributed by atoms with Crippen LogP contribution in [-0.4, -0.2) is 18.4 Å². The molecule has 0 aromatic heterocycles. The smallest absolute Gasteiger partial charge is 0.309 e. The van der Waals surface area contributed by atoms with E-state index in [9.17, 15) is 9.59 Å². The van der Waals surface area contributed by atoms with Gasteiger partial charge in [0, 0.05) is 28.0 Å². The lowest BCUT2D eigenvalue weighted by molar-refractivity contribution is -0.145. The lowest BCUT2D eigenvalue weighted by Gasteiger charge is -2.27. The number of hydrogen-bond acceptors (Lipinski definition) is 4. The molecule has 0 amide bonds. The Morgan fingerprint density at radius 1 is 1.00 bits per heavy atom. The van der Waals surface area contributed by atoms with Gasteiger partial charge >= 0.3 is 5.97 Å². The van der Waals surface area contributed by atoms with Crippen LogP contribution in [-0.2, 0) is 14.3 Å². The largest absolute Gasteiger partial charge is 0.466 e. The predicted octanol–water partition coefficient (Wildman–Crippen LogP) is 4.44. The van der Waals surface area contributed by atoms with Crippen molar-refractivity contribution in [2.24, 2.45) is 11.8 Å². The zero-order chi connectivity index (χ0) is 17.4. The second kappa shape index (κ2) is 6.68. The zero-order valence-electron chi connectivity index (χ0n) is 14.1. The van der Waals surface area contributed by atoms with Crippen LogP contribution >= 0.6 is 11.8 Å². The van der Waals surface area contributed by atoms with Gasteiger partial charge in [0.25, 0.3) is 0 Å². The van der Waals surface area contributed by atoms with Crippen LogP contribution in [0.4, 0.5) is 0 Å². The van der Waals surface area contributed by atoms with E-state index < -0.39 is 0 Å². The molecular formula is C21H20O3S. The molecule has 0 bridgehead atoms. The molecule has 2 aromatic rings. The number of benzene rings is 2. The highest BCUT2D eigenvalue weighted by Crippen LogP contribution is 2.49. The molecule has 1 aliphatic carbocycles. The number of rotatable bonds is 5. The Labute approximate surface area is 151 Å². The molecule has 2 aromatic carbocycles. The van der Waals surface area contributed by atoms with E-state index in [0.717, 1.165) is 0 Å².